The maximum absolute atomic E-state index is 12.2. The van der Waals surface area contributed by atoms with Crippen LogP contribution in [0.4, 0.5) is 0 Å². The normalized spacial score (nSPS) is 11.8. The first kappa shape index (κ1) is 17.9. The SMILES string of the molecule is CCCCC(CN)NC(=O)c1c(C)nn(C)c1C.Cl. The Bertz CT molecular complexity index is 417. The molecule has 1 aromatic rings. The van der Waals surface area contributed by atoms with Gasteiger partial charge in [-0.05, 0) is 20.3 Å². The number of halogens is 1. The van der Waals surface area contributed by atoms with Crippen molar-refractivity contribution in [3.05, 3.63) is 17.0 Å². The van der Waals surface area contributed by atoms with Crippen LogP contribution in [0.1, 0.15) is 47.9 Å². The number of aromatic nitrogens is 2. The van der Waals surface area contributed by atoms with Crippen LogP contribution in [0.5, 0.6) is 0 Å². The number of carbonyl (C=O) groups excluding carboxylic acids is 1. The second-order valence-electron chi connectivity index (χ2n) is 4.72. The average molecular weight is 289 g/mol. The molecule has 0 saturated heterocycles. The molecule has 1 unspecified atom stereocenters. The summed E-state index contributed by atoms with van der Waals surface area (Å²) in [7, 11) is 1.84. The highest BCUT2D eigenvalue weighted by Gasteiger charge is 2.19. The zero-order valence-corrected chi connectivity index (χ0v) is 13.0. The molecule has 0 saturated carbocycles. The van der Waals surface area contributed by atoms with Gasteiger partial charge in [-0.2, -0.15) is 5.10 Å². The van der Waals surface area contributed by atoms with E-state index in [1.54, 1.807) is 4.68 Å². The minimum Gasteiger partial charge on any atom is -0.348 e. The Balaban J connectivity index is 0.00000324. The maximum atomic E-state index is 12.2. The standard InChI is InChI=1S/C13H24N4O.ClH/c1-5-6-7-11(8-14)15-13(18)12-9(2)16-17(4)10(12)3;/h11H,5-8,14H2,1-4H3,(H,15,18);1H. The molecule has 0 aliphatic rings. The summed E-state index contributed by atoms with van der Waals surface area (Å²) in [6.07, 6.45) is 3.11. The van der Waals surface area contributed by atoms with Crippen molar-refractivity contribution in [3.63, 3.8) is 0 Å². The van der Waals surface area contributed by atoms with E-state index in [0.29, 0.717) is 12.1 Å². The van der Waals surface area contributed by atoms with Gasteiger partial charge in [0.15, 0.2) is 0 Å². The second-order valence-corrected chi connectivity index (χ2v) is 4.72. The largest absolute Gasteiger partial charge is 0.348 e. The molecular formula is C13H25ClN4O. The van der Waals surface area contributed by atoms with Crippen molar-refractivity contribution in [2.75, 3.05) is 6.54 Å². The monoisotopic (exact) mass is 288 g/mol. The number of unbranched alkanes of at least 4 members (excludes halogenated alkanes) is 1. The van der Waals surface area contributed by atoms with Gasteiger partial charge in [-0.3, -0.25) is 9.48 Å². The van der Waals surface area contributed by atoms with Gasteiger partial charge in [-0.1, -0.05) is 19.8 Å². The van der Waals surface area contributed by atoms with Crippen molar-refractivity contribution in [2.45, 2.75) is 46.1 Å². The van der Waals surface area contributed by atoms with Crippen LogP contribution in [0.2, 0.25) is 0 Å². The van der Waals surface area contributed by atoms with Crippen LogP contribution in [-0.4, -0.2) is 28.3 Å². The van der Waals surface area contributed by atoms with Gasteiger partial charge in [0.2, 0.25) is 0 Å². The zero-order chi connectivity index (χ0) is 13.7. The fourth-order valence-corrected chi connectivity index (χ4v) is 2.06. The molecule has 3 N–H and O–H groups in total. The molecule has 0 fully saturated rings. The number of hydrogen-bond donors (Lipinski definition) is 2. The van der Waals surface area contributed by atoms with Gasteiger partial charge >= 0.3 is 0 Å². The van der Waals surface area contributed by atoms with E-state index in [1.807, 2.05) is 20.9 Å². The molecule has 0 aromatic carbocycles. The van der Waals surface area contributed by atoms with Crippen molar-refractivity contribution in [2.24, 2.45) is 12.8 Å². The fraction of sp³-hybridized carbons (Fsp3) is 0.692. The third-order valence-electron chi connectivity index (χ3n) is 3.26. The Kier molecular flexibility index (Phi) is 7.71. The third-order valence-corrected chi connectivity index (χ3v) is 3.26. The zero-order valence-electron chi connectivity index (χ0n) is 12.2. The number of nitrogens with zero attached hydrogens (tertiary/aromatic N) is 2. The molecule has 5 nitrogen and oxygen atoms in total. The lowest BCUT2D eigenvalue weighted by atomic mass is 10.1. The number of aryl methyl sites for hydroxylation is 2. The molecule has 19 heavy (non-hydrogen) atoms. The highest BCUT2D eigenvalue weighted by molar-refractivity contribution is 5.96. The number of amides is 1. The Morgan fingerprint density at radius 1 is 1.47 bits per heavy atom. The van der Waals surface area contributed by atoms with Crippen LogP contribution in [0, 0.1) is 13.8 Å². The van der Waals surface area contributed by atoms with E-state index < -0.39 is 0 Å². The summed E-state index contributed by atoms with van der Waals surface area (Å²) in [6.45, 7) is 6.36. The topological polar surface area (TPSA) is 72.9 Å². The molecule has 1 atom stereocenters. The summed E-state index contributed by atoms with van der Waals surface area (Å²) in [5, 5.41) is 7.25. The summed E-state index contributed by atoms with van der Waals surface area (Å²) in [6, 6.07) is 0.0523. The van der Waals surface area contributed by atoms with E-state index in [9.17, 15) is 4.79 Å². The number of rotatable bonds is 6. The summed E-state index contributed by atoms with van der Waals surface area (Å²) in [5.41, 5.74) is 8.01. The highest BCUT2D eigenvalue weighted by Crippen LogP contribution is 2.12. The summed E-state index contributed by atoms with van der Waals surface area (Å²) in [5.74, 6) is -0.0651. The molecule has 0 aliphatic heterocycles. The van der Waals surface area contributed by atoms with E-state index in [2.05, 4.69) is 17.3 Å². The van der Waals surface area contributed by atoms with Crippen LogP contribution >= 0.6 is 12.4 Å². The van der Waals surface area contributed by atoms with Crippen molar-refractivity contribution in [3.8, 4) is 0 Å². The van der Waals surface area contributed by atoms with Gasteiger partial charge in [0.1, 0.15) is 0 Å². The molecule has 1 aromatic heterocycles. The maximum Gasteiger partial charge on any atom is 0.255 e. The summed E-state index contributed by atoms with van der Waals surface area (Å²) >= 11 is 0. The summed E-state index contributed by atoms with van der Waals surface area (Å²) in [4.78, 5) is 12.2. The third kappa shape index (κ3) is 4.51. The minimum atomic E-state index is -0.0651. The quantitative estimate of drug-likeness (QED) is 0.837. The lowest BCUT2D eigenvalue weighted by molar-refractivity contribution is 0.0934. The molecule has 1 amide bonds. The Labute approximate surface area is 121 Å². The van der Waals surface area contributed by atoms with Gasteiger partial charge in [-0.15, -0.1) is 12.4 Å². The van der Waals surface area contributed by atoms with Crippen molar-refractivity contribution < 1.29 is 4.79 Å². The van der Waals surface area contributed by atoms with Crippen molar-refractivity contribution in [1.82, 2.24) is 15.1 Å². The van der Waals surface area contributed by atoms with E-state index in [1.165, 1.54) is 0 Å². The predicted octanol–water partition coefficient (Wildman–Crippen LogP) is 1.71. The molecule has 0 bridgehead atoms. The molecule has 0 radical (unpaired) electrons. The molecular weight excluding hydrogens is 264 g/mol. The lowest BCUT2D eigenvalue weighted by Crippen LogP contribution is -2.40. The molecule has 1 rings (SSSR count). The first-order valence-electron chi connectivity index (χ1n) is 6.52. The van der Waals surface area contributed by atoms with Crippen molar-refractivity contribution >= 4 is 18.3 Å². The van der Waals surface area contributed by atoms with Gasteiger partial charge in [0.25, 0.3) is 5.91 Å². The summed E-state index contributed by atoms with van der Waals surface area (Å²) < 4.78 is 1.73. The first-order chi connectivity index (χ1) is 8.51. The minimum absolute atomic E-state index is 0. The highest BCUT2D eigenvalue weighted by atomic mass is 35.5. The van der Waals surface area contributed by atoms with Crippen LogP contribution in [0.15, 0.2) is 0 Å². The lowest BCUT2D eigenvalue weighted by Gasteiger charge is -2.16. The number of nitrogens with two attached hydrogens (primary N) is 1. The van der Waals surface area contributed by atoms with Gasteiger partial charge in [-0.25, -0.2) is 0 Å². The Hall–Kier alpha value is -1.07. The van der Waals surface area contributed by atoms with Crippen LogP contribution < -0.4 is 11.1 Å². The number of carbonyl (C=O) groups is 1. The molecule has 0 aliphatic carbocycles. The second kappa shape index (κ2) is 8.17. The average Bonchev–Trinajstić information content (AvgIpc) is 2.58. The molecule has 1 heterocycles. The number of hydrogen-bond acceptors (Lipinski definition) is 3. The Morgan fingerprint density at radius 2 is 2.11 bits per heavy atom. The van der Waals surface area contributed by atoms with Crippen molar-refractivity contribution in [1.29, 1.82) is 0 Å². The van der Waals surface area contributed by atoms with E-state index >= 15 is 0 Å². The molecule has 110 valence electrons. The first-order valence-corrected chi connectivity index (χ1v) is 6.52. The van der Waals surface area contributed by atoms with Crippen LogP contribution in [-0.2, 0) is 7.05 Å². The van der Waals surface area contributed by atoms with Crippen LogP contribution in [0.25, 0.3) is 0 Å². The predicted molar refractivity (Wildman–Crippen MR) is 79.8 cm³/mol. The van der Waals surface area contributed by atoms with E-state index in [0.717, 1.165) is 30.7 Å². The van der Waals surface area contributed by atoms with Gasteiger partial charge in [0.05, 0.1) is 11.3 Å². The smallest absolute Gasteiger partial charge is 0.255 e. The number of nitrogens with one attached hydrogen (secondary N) is 1. The molecule has 6 heteroatoms. The van der Waals surface area contributed by atoms with Gasteiger partial charge in [0, 0.05) is 25.3 Å². The van der Waals surface area contributed by atoms with Gasteiger partial charge < -0.3 is 11.1 Å². The van der Waals surface area contributed by atoms with E-state index in [-0.39, 0.29) is 24.4 Å². The van der Waals surface area contributed by atoms with Crippen LogP contribution in [0.3, 0.4) is 0 Å². The van der Waals surface area contributed by atoms with E-state index in [4.69, 9.17) is 5.73 Å². The fourth-order valence-electron chi connectivity index (χ4n) is 2.06. The Morgan fingerprint density at radius 3 is 2.53 bits per heavy atom. The molecule has 0 spiro atoms.